The number of benzene rings is 2. The largest absolute Gasteiger partial charge is 0.379 e. The van der Waals surface area contributed by atoms with Crippen molar-refractivity contribution < 1.29 is 22.7 Å². The maximum Gasteiger partial charge on any atom is 0.259 e. The number of nitrogens with zero attached hydrogens (tertiary/aromatic N) is 2. The number of halogens is 2. The van der Waals surface area contributed by atoms with Gasteiger partial charge in [-0.1, -0.05) is 29.3 Å². The highest BCUT2D eigenvalue weighted by atomic mass is 35.5. The minimum absolute atomic E-state index is 0.0869. The Balaban J connectivity index is 1.51. The molecule has 0 atom stereocenters. The number of hydrogen-bond acceptors (Lipinski definition) is 6. The first-order valence-corrected chi connectivity index (χ1v) is 11.7. The number of hydrazone groups is 1. The minimum Gasteiger partial charge on any atom is -0.379 e. The first-order valence-electron chi connectivity index (χ1n) is 9.50. The molecule has 0 aromatic heterocycles. The Kier molecular flexibility index (Phi) is 8.21. The summed E-state index contributed by atoms with van der Waals surface area (Å²) in [6, 6.07) is 10.3. The van der Waals surface area contributed by atoms with Crippen molar-refractivity contribution in [1.29, 1.82) is 0 Å². The van der Waals surface area contributed by atoms with Gasteiger partial charge in [-0.2, -0.15) is 9.41 Å². The van der Waals surface area contributed by atoms with Crippen LogP contribution >= 0.6 is 23.2 Å². The first kappa shape index (κ1) is 24.1. The van der Waals surface area contributed by atoms with Gasteiger partial charge in [-0.05, 0) is 36.4 Å². The Labute approximate surface area is 195 Å². The van der Waals surface area contributed by atoms with Crippen molar-refractivity contribution in [2.45, 2.75) is 4.90 Å². The van der Waals surface area contributed by atoms with E-state index in [1.807, 2.05) is 0 Å². The van der Waals surface area contributed by atoms with Gasteiger partial charge in [-0.15, -0.1) is 0 Å². The van der Waals surface area contributed by atoms with Crippen LogP contribution in [-0.4, -0.2) is 63.6 Å². The second-order valence-electron chi connectivity index (χ2n) is 6.68. The van der Waals surface area contributed by atoms with Gasteiger partial charge in [-0.25, -0.2) is 13.8 Å². The third-order valence-corrected chi connectivity index (χ3v) is 6.96. The average molecular weight is 499 g/mol. The summed E-state index contributed by atoms with van der Waals surface area (Å²) in [5, 5.41) is 7.08. The monoisotopic (exact) mass is 498 g/mol. The van der Waals surface area contributed by atoms with Crippen molar-refractivity contribution in [3.63, 3.8) is 0 Å². The summed E-state index contributed by atoms with van der Waals surface area (Å²) in [4.78, 5) is 24.2. The van der Waals surface area contributed by atoms with Crippen LogP contribution in [-0.2, 0) is 19.6 Å². The average Bonchev–Trinajstić information content (AvgIpc) is 2.79. The highest BCUT2D eigenvalue weighted by Gasteiger charge is 2.26. The number of carbonyl (C=O) groups is 2. The molecule has 32 heavy (non-hydrogen) atoms. The Morgan fingerprint density at radius 1 is 1.09 bits per heavy atom. The van der Waals surface area contributed by atoms with E-state index in [0.29, 0.717) is 28.8 Å². The van der Waals surface area contributed by atoms with Gasteiger partial charge in [0.2, 0.25) is 10.0 Å². The van der Waals surface area contributed by atoms with Crippen LogP contribution in [0.25, 0.3) is 0 Å². The van der Waals surface area contributed by atoms with Crippen molar-refractivity contribution in [3.05, 3.63) is 63.6 Å². The number of morpholine rings is 1. The number of amides is 2. The summed E-state index contributed by atoms with van der Waals surface area (Å²) >= 11 is 11.8. The molecule has 3 rings (SSSR count). The number of hydrogen-bond donors (Lipinski definition) is 2. The van der Waals surface area contributed by atoms with Crippen LogP contribution < -0.4 is 10.7 Å². The number of sulfonamides is 1. The molecular weight excluding hydrogens is 479 g/mol. The molecule has 1 aliphatic heterocycles. The van der Waals surface area contributed by atoms with Crippen molar-refractivity contribution in [2.75, 3.05) is 32.8 Å². The second-order valence-corrected chi connectivity index (χ2v) is 9.46. The van der Waals surface area contributed by atoms with Crippen LogP contribution in [0.4, 0.5) is 0 Å². The minimum atomic E-state index is -3.64. The van der Waals surface area contributed by atoms with Gasteiger partial charge >= 0.3 is 0 Å². The van der Waals surface area contributed by atoms with E-state index in [0.717, 1.165) is 0 Å². The Hall–Kier alpha value is -2.50. The second kappa shape index (κ2) is 10.9. The third-order valence-electron chi connectivity index (χ3n) is 4.49. The Morgan fingerprint density at radius 2 is 1.78 bits per heavy atom. The van der Waals surface area contributed by atoms with Crippen LogP contribution in [0, 0.1) is 0 Å². The fourth-order valence-electron chi connectivity index (χ4n) is 2.80. The molecule has 1 fully saturated rings. The van der Waals surface area contributed by atoms with Crippen LogP contribution in [0.15, 0.2) is 52.5 Å². The fourth-order valence-corrected chi connectivity index (χ4v) is 4.66. The fraction of sp³-hybridized carbons (Fsp3) is 0.250. The van der Waals surface area contributed by atoms with E-state index in [-0.39, 0.29) is 30.1 Å². The maximum atomic E-state index is 12.6. The number of rotatable bonds is 7. The summed E-state index contributed by atoms with van der Waals surface area (Å²) in [6.45, 7) is 0.939. The molecule has 0 radical (unpaired) electrons. The van der Waals surface area contributed by atoms with Gasteiger partial charge in [0, 0.05) is 29.2 Å². The van der Waals surface area contributed by atoms with E-state index >= 15 is 0 Å². The molecule has 2 N–H and O–H groups in total. The molecule has 0 spiro atoms. The molecule has 0 aliphatic carbocycles. The lowest BCUT2D eigenvalue weighted by Gasteiger charge is -2.26. The van der Waals surface area contributed by atoms with Gasteiger partial charge < -0.3 is 10.1 Å². The zero-order valence-electron chi connectivity index (χ0n) is 16.8. The lowest BCUT2D eigenvalue weighted by atomic mass is 10.2. The quantitative estimate of drug-likeness (QED) is 0.446. The maximum absolute atomic E-state index is 12.6. The number of ether oxygens (including phenoxy) is 1. The molecule has 2 aromatic rings. The van der Waals surface area contributed by atoms with Crippen molar-refractivity contribution in [2.24, 2.45) is 5.10 Å². The first-order chi connectivity index (χ1) is 15.3. The predicted octanol–water partition coefficient (Wildman–Crippen LogP) is 1.89. The molecule has 12 heteroatoms. The van der Waals surface area contributed by atoms with E-state index in [1.54, 1.807) is 18.2 Å². The molecule has 1 heterocycles. The van der Waals surface area contributed by atoms with Crippen LogP contribution in [0.1, 0.15) is 15.9 Å². The summed E-state index contributed by atoms with van der Waals surface area (Å²) in [5.74, 6) is -1.08. The van der Waals surface area contributed by atoms with Crippen LogP contribution in [0.3, 0.4) is 0 Å². The summed E-state index contributed by atoms with van der Waals surface area (Å²) in [5.41, 5.74) is 3.05. The van der Waals surface area contributed by atoms with E-state index in [2.05, 4.69) is 15.8 Å². The SMILES string of the molecule is O=C(CNC(=O)c1ccc(S(=O)(=O)N2CCOCC2)cc1)N/N=C/c1ccc(Cl)cc1Cl. The number of nitrogens with one attached hydrogen (secondary N) is 2. The standard InChI is InChI=1S/C20H20Cl2N4O5S/c21-16-4-1-15(18(22)11-16)12-24-25-19(27)13-23-20(28)14-2-5-17(6-3-14)32(29,30)26-7-9-31-10-8-26/h1-6,11-12H,7-10,13H2,(H,23,28)(H,25,27)/b24-12+. The van der Waals surface area contributed by atoms with E-state index < -0.39 is 21.8 Å². The van der Waals surface area contributed by atoms with E-state index in [9.17, 15) is 18.0 Å². The smallest absolute Gasteiger partial charge is 0.259 e. The molecule has 0 unspecified atom stereocenters. The molecule has 170 valence electrons. The predicted molar refractivity (Wildman–Crippen MR) is 121 cm³/mol. The third kappa shape index (κ3) is 6.27. The van der Waals surface area contributed by atoms with Gasteiger partial charge in [0.1, 0.15) is 0 Å². The molecule has 2 amide bonds. The van der Waals surface area contributed by atoms with Crippen molar-refractivity contribution in [1.82, 2.24) is 15.0 Å². The molecule has 0 saturated carbocycles. The Morgan fingerprint density at radius 3 is 2.44 bits per heavy atom. The summed E-state index contributed by atoms with van der Waals surface area (Å²) < 4.78 is 31.7. The lowest BCUT2D eigenvalue weighted by molar-refractivity contribution is -0.120. The van der Waals surface area contributed by atoms with Gasteiger partial charge in [0.15, 0.2) is 0 Å². The number of carbonyl (C=O) groups excluding carboxylic acids is 2. The molecular formula is C20H20Cl2N4O5S. The molecule has 2 aromatic carbocycles. The lowest BCUT2D eigenvalue weighted by Crippen LogP contribution is -2.40. The van der Waals surface area contributed by atoms with Gasteiger partial charge in [0.05, 0.1) is 35.9 Å². The van der Waals surface area contributed by atoms with Crippen LogP contribution in [0.5, 0.6) is 0 Å². The van der Waals surface area contributed by atoms with Crippen molar-refractivity contribution in [3.8, 4) is 0 Å². The zero-order chi connectivity index (χ0) is 23.1. The Bertz CT molecular complexity index is 1120. The summed E-state index contributed by atoms with van der Waals surface area (Å²) in [6.07, 6.45) is 1.35. The topological polar surface area (TPSA) is 117 Å². The highest BCUT2D eigenvalue weighted by Crippen LogP contribution is 2.19. The molecule has 9 nitrogen and oxygen atoms in total. The molecule has 1 saturated heterocycles. The normalized spacial score (nSPS) is 14.9. The van der Waals surface area contributed by atoms with Crippen LogP contribution in [0.2, 0.25) is 10.0 Å². The van der Waals surface area contributed by atoms with Crippen molar-refractivity contribution >= 4 is 51.3 Å². The van der Waals surface area contributed by atoms with Gasteiger partial charge in [0.25, 0.3) is 11.8 Å². The van der Waals surface area contributed by atoms with E-state index in [4.69, 9.17) is 27.9 Å². The molecule has 0 bridgehead atoms. The van der Waals surface area contributed by atoms with E-state index in [1.165, 1.54) is 34.8 Å². The highest BCUT2D eigenvalue weighted by molar-refractivity contribution is 7.89. The van der Waals surface area contributed by atoms with Gasteiger partial charge in [-0.3, -0.25) is 9.59 Å². The molecule has 1 aliphatic rings. The summed E-state index contributed by atoms with van der Waals surface area (Å²) in [7, 11) is -3.64. The zero-order valence-corrected chi connectivity index (χ0v) is 19.1.